The van der Waals surface area contributed by atoms with Gasteiger partial charge >= 0.3 is 0 Å². The number of benzene rings is 5. The molecule has 0 aliphatic rings. The molecule has 0 saturated carbocycles. The van der Waals surface area contributed by atoms with Crippen molar-refractivity contribution in [3.8, 4) is 45.8 Å². The van der Waals surface area contributed by atoms with Gasteiger partial charge in [-0.3, -0.25) is 0 Å². The molecular formula is C50H58N4O2. The molecular weight excluding hydrogens is 689 g/mol. The highest BCUT2D eigenvalue weighted by molar-refractivity contribution is 6.20. The molecule has 0 spiro atoms. The maximum absolute atomic E-state index is 6.63. The van der Waals surface area contributed by atoms with E-state index >= 15 is 0 Å². The number of aromatic nitrogens is 4. The third-order valence-corrected chi connectivity index (χ3v) is 11.2. The summed E-state index contributed by atoms with van der Waals surface area (Å²) in [7, 11) is 0. The van der Waals surface area contributed by atoms with Gasteiger partial charge in [0.25, 0.3) is 0 Å². The Bertz CT molecular complexity index is 2230. The lowest BCUT2D eigenvalue weighted by Crippen LogP contribution is -2.11. The van der Waals surface area contributed by atoms with E-state index < -0.39 is 0 Å². The summed E-state index contributed by atoms with van der Waals surface area (Å²) in [5.41, 5.74) is 8.55. The summed E-state index contributed by atoms with van der Waals surface area (Å²) < 4.78 is 13.3. The zero-order valence-electron chi connectivity index (χ0n) is 34.8. The fraction of sp³-hybridized carbons (Fsp3) is 0.400. The quantitative estimate of drug-likeness (QED) is 0.0814. The second-order valence-electron chi connectivity index (χ2n) is 17.6. The molecule has 56 heavy (non-hydrogen) atoms. The fourth-order valence-corrected chi connectivity index (χ4v) is 7.64. The number of fused-ring (bicyclic) bond motifs is 2. The third-order valence-electron chi connectivity index (χ3n) is 11.2. The van der Waals surface area contributed by atoms with Crippen molar-refractivity contribution in [2.24, 2.45) is 0 Å². The molecule has 0 aliphatic heterocycles. The Labute approximate surface area is 333 Å². The topological polar surface area (TPSA) is 77.8 Å². The maximum Gasteiger partial charge on any atom is 0.249 e. The van der Waals surface area contributed by atoms with E-state index in [4.69, 9.17) is 19.0 Å². The summed E-state index contributed by atoms with van der Waals surface area (Å²) in [6.45, 7) is 17.9. The van der Waals surface area contributed by atoms with Gasteiger partial charge in [-0.05, 0) is 117 Å². The SMILES string of the molecule is CCCCCCc1ccc(-c2nnc(-c3c4ccc(C(C)(C)C)cc4c(-c4nnc(-c5ccc(CCCCCC)cc5)o4)c4ccc(C(C)(C)C)cc34)o2)cc1. The fourth-order valence-electron chi connectivity index (χ4n) is 7.64. The van der Waals surface area contributed by atoms with Gasteiger partial charge in [0, 0.05) is 11.1 Å². The van der Waals surface area contributed by atoms with Gasteiger partial charge in [-0.15, -0.1) is 20.4 Å². The van der Waals surface area contributed by atoms with Crippen LogP contribution in [-0.2, 0) is 23.7 Å². The Hall–Kier alpha value is -5.10. The van der Waals surface area contributed by atoms with Crippen LogP contribution in [0.1, 0.15) is 129 Å². The first-order valence-corrected chi connectivity index (χ1v) is 20.9. The van der Waals surface area contributed by atoms with Crippen LogP contribution in [0.25, 0.3) is 67.4 Å². The summed E-state index contributed by atoms with van der Waals surface area (Å²) in [4.78, 5) is 0. The normalized spacial score (nSPS) is 12.3. The molecule has 0 N–H and O–H groups in total. The number of nitrogens with zero attached hydrogens (tertiary/aromatic N) is 4. The largest absolute Gasteiger partial charge is 0.416 e. The average Bonchev–Trinajstić information content (AvgIpc) is 3.88. The molecule has 2 heterocycles. The molecule has 290 valence electrons. The van der Waals surface area contributed by atoms with E-state index in [-0.39, 0.29) is 10.8 Å². The molecule has 6 nitrogen and oxygen atoms in total. The summed E-state index contributed by atoms with van der Waals surface area (Å²) in [6.07, 6.45) is 12.2. The first-order valence-electron chi connectivity index (χ1n) is 20.9. The number of rotatable bonds is 14. The van der Waals surface area contributed by atoms with Crippen LogP contribution in [0.5, 0.6) is 0 Å². The van der Waals surface area contributed by atoms with Crippen molar-refractivity contribution in [3.63, 3.8) is 0 Å². The van der Waals surface area contributed by atoms with Gasteiger partial charge in [0.1, 0.15) is 0 Å². The highest BCUT2D eigenvalue weighted by atomic mass is 16.4. The van der Waals surface area contributed by atoms with Crippen molar-refractivity contribution in [2.45, 2.75) is 130 Å². The van der Waals surface area contributed by atoms with E-state index in [1.807, 2.05) is 0 Å². The van der Waals surface area contributed by atoms with Crippen LogP contribution < -0.4 is 0 Å². The van der Waals surface area contributed by atoms with E-state index in [0.717, 1.165) is 56.6 Å². The van der Waals surface area contributed by atoms with Crippen LogP contribution in [-0.4, -0.2) is 20.4 Å². The Balaban J connectivity index is 1.35. The van der Waals surface area contributed by atoms with Gasteiger partial charge in [-0.25, -0.2) is 0 Å². The first-order chi connectivity index (χ1) is 26.9. The summed E-state index contributed by atoms with van der Waals surface area (Å²) >= 11 is 0. The van der Waals surface area contributed by atoms with Gasteiger partial charge in [-0.1, -0.05) is 142 Å². The van der Waals surface area contributed by atoms with Crippen LogP contribution in [0.2, 0.25) is 0 Å². The number of hydrogen-bond acceptors (Lipinski definition) is 6. The standard InChI is InChI=1S/C50H58N4O2/c1-9-11-13-15-17-33-19-23-35(24-20-33)45-51-53-47(55-45)43-39-29-27-38(50(6,7)8)32-42(39)44(40-30-28-37(31-41(40)43)49(3,4)5)48-54-52-46(56-48)36-25-21-34(22-26-36)18-16-14-12-10-2/h19-32H,9-18H2,1-8H3. The molecule has 7 aromatic rings. The molecule has 7 rings (SSSR count). The van der Waals surface area contributed by atoms with Crippen LogP contribution in [0, 0.1) is 0 Å². The molecule has 2 aromatic heterocycles. The molecule has 6 heteroatoms. The van der Waals surface area contributed by atoms with E-state index in [0.29, 0.717) is 23.6 Å². The van der Waals surface area contributed by atoms with Gasteiger partial charge in [0.2, 0.25) is 23.6 Å². The molecule has 0 bridgehead atoms. The molecule has 5 aromatic carbocycles. The molecule has 0 amide bonds. The second-order valence-corrected chi connectivity index (χ2v) is 17.6. The van der Waals surface area contributed by atoms with Crippen LogP contribution >= 0.6 is 0 Å². The van der Waals surface area contributed by atoms with Crippen molar-refractivity contribution in [1.29, 1.82) is 0 Å². The smallest absolute Gasteiger partial charge is 0.249 e. The first kappa shape index (κ1) is 39.1. The number of hydrogen-bond donors (Lipinski definition) is 0. The molecule has 0 saturated heterocycles. The minimum atomic E-state index is -0.0885. The highest BCUT2D eigenvalue weighted by Gasteiger charge is 2.27. The lowest BCUT2D eigenvalue weighted by atomic mass is 9.81. The molecule has 0 unspecified atom stereocenters. The van der Waals surface area contributed by atoms with Gasteiger partial charge in [-0.2, -0.15) is 0 Å². The molecule has 0 atom stereocenters. The number of aryl methyl sites for hydroxylation is 2. The average molecular weight is 747 g/mol. The van der Waals surface area contributed by atoms with Crippen LogP contribution in [0.15, 0.2) is 93.8 Å². The van der Waals surface area contributed by atoms with E-state index in [1.165, 1.54) is 73.6 Å². The predicted octanol–water partition coefficient (Wildman–Crippen LogP) is 14.3. The summed E-state index contributed by atoms with van der Waals surface area (Å²) in [5, 5.41) is 22.7. The minimum Gasteiger partial charge on any atom is -0.416 e. The zero-order chi connectivity index (χ0) is 39.5. The summed E-state index contributed by atoms with van der Waals surface area (Å²) in [6, 6.07) is 30.6. The number of unbranched alkanes of at least 4 members (excludes halogenated alkanes) is 6. The van der Waals surface area contributed by atoms with E-state index in [1.54, 1.807) is 0 Å². The summed E-state index contributed by atoms with van der Waals surface area (Å²) in [5.74, 6) is 1.99. The van der Waals surface area contributed by atoms with Gasteiger partial charge in [0.05, 0.1) is 11.1 Å². The predicted molar refractivity (Wildman–Crippen MR) is 232 cm³/mol. The van der Waals surface area contributed by atoms with E-state index in [2.05, 4.69) is 151 Å². The molecule has 0 radical (unpaired) electrons. The Morgan fingerprint density at radius 1 is 0.411 bits per heavy atom. The second kappa shape index (κ2) is 16.6. The Morgan fingerprint density at radius 3 is 1.14 bits per heavy atom. The minimum absolute atomic E-state index is 0.0885. The van der Waals surface area contributed by atoms with Crippen molar-refractivity contribution in [2.75, 3.05) is 0 Å². The van der Waals surface area contributed by atoms with Crippen LogP contribution in [0.3, 0.4) is 0 Å². The molecule has 0 fully saturated rings. The van der Waals surface area contributed by atoms with Crippen molar-refractivity contribution in [3.05, 3.63) is 107 Å². The van der Waals surface area contributed by atoms with Crippen molar-refractivity contribution in [1.82, 2.24) is 20.4 Å². The van der Waals surface area contributed by atoms with Crippen LogP contribution in [0.4, 0.5) is 0 Å². The van der Waals surface area contributed by atoms with Crippen molar-refractivity contribution < 1.29 is 8.83 Å². The Kier molecular flexibility index (Phi) is 11.6. The highest BCUT2D eigenvalue weighted by Crippen LogP contribution is 2.46. The zero-order valence-corrected chi connectivity index (χ0v) is 34.8. The third kappa shape index (κ3) is 8.50. The van der Waals surface area contributed by atoms with Crippen molar-refractivity contribution >= 4 is 21.5 Å². The monoisotopic (exact) mass is 746 g/mol. The lowest BCUT2D eigenvalue weighted by molar-refractivity contribution is 0.583. The van der Waals surface area contributed by atoms with Gasteiger partial charge in [0.15, 0.2) is 0 Å². The van der Waals surface area contributed by atoms with E-state index in [9.17, 15) is 0 Å². The lowest BCUT2D eigenvalue weighted by Gasteiger charge is -2.23. The molecule has 0 aliphatic carbocycles. The van der Waals surface area contributed by atoms with Gasteiger partial charge < -0.3 is 8.83 Å². The maximum atomic E-state index is 6.63. The Morgan fingerprint density at radius 2 is 0.786 bits per heavy atom.